The lowest BCUT2D eigenvalue weighted by Gasteiger charge is -2.18. The number of pyridine rings is 1. The number of benzene rings is 1. The molecular formula is C21H20N4O4. The maximum Gasteiger partial charge on any atom is 0.414 e. The number of hydrogen-bond donors (Lipinski definition) is 1. The lowest BCUT2D eigenvalue weighted by atomic mass is 10.1. The average Bonchev–Trinajstić information content (AvgIpc) is 3.08. The molecule has 1 unspecified atom stereocenters. The van der Waals surface area contributed by atoms with E-state index in [4.69, 9.17) is 14.7 Å². The summed E-state index contributed by atoms with van der Waals surface area (Å²) in [5.41, 5.74) is 2.92. The van der Waals surface area contributed by atoms with E-state index in [0.29, 0.717) is 17.1 Å². The highest BCUT2D eigenvalue weighted by Crippen LogP contribution is 2.35. The number of hydrogen-bond acceptors (Lipinski definition) is 6. The zero-order valence-corrected chi connectivity index (χ0v) is 15.9. The molecule has 8 heteroatoms. The van der Waals surface area contributed by atoms with Crippen molar-refractivity contribution in [1.82, 2.24) is 10.3 Å². The van der Waals surface area contributed by atoms with Gasteiger partial charge in [-0.25, -0.2) is 4.79 Å². The molecule has 2 heterocycles. The molecular weight excluding hydrogens is 372 g/mol. The Morgan fingerprint density at radius 3 is 2.90 bits per heavy atom. The van der Waals surface area contributed by atoms with Crippen molar-refractivity contribution in [2.75, 3.05) is 18.0 Å². The second-order valence-corrected chi connectivity index (χ2v) is 6.39. The van der Waals surface area contributed by atoms with Crippen LogP contribution in [-0.2, 0) is 16.0 Å². The zero-order chi connectivity index (χ0) is 20.8. The van der Waals surface area contributed by atoms with Crippen LogP contribution in [0.5, 0.6) is 5.75 Å². The van der Waals surface area contributed by atoms with Gasteiger partial charge in [-0.1, -0.05) is 18.7 Å². The van der Waals surface area contributed by atoms with E-state index in [2.05, 4.69) is 22.9 Å². The molecule has 1 saturated heterocycles. The van der Waals surface area contributed by atoms with Crippen LogP contribution in [0.4, 0.5) is 10.5 Å². The molecule has 8 nitrogen and oxygen atoms in total. The second-order valence-electron chi connectivity index (χ2n) is 6.39. The molecule has 0 radical (unpaired) electrons. The Morgan fingerprint density at radius 2 is 2.24 bits per heavy atom. The lowest BCUT2D eigenvalue weighted by Crippen LogP contribution is -2.33. The number of cyclic esters (lactones) is 1. The van der Waals surface area contributed by atoms with Crippen molar-refractivity contribution in [2.24, 2.45) is 0 Å². The predicted molar refractivity (Wildman–Crippen MR) is 106 cm³/mol. The van der Waals surface area contributed by atoms with Crippen LogP contribution in [0.25, 0.3) is 11.1 Å². The van der Waals surface area contributed by atoms with Gasteiger partial charge in [0.2, 0.25) is 5.91 Å². The van der Waals surface area contributed by atoms with Gasteiger partial charge in [-0.15, -0.1) is 0 Å². The van der Waals surface area contributed by atoms with Crippen molar-refractivity contribution in [3.05, 3.63) is 55.1 Å². The van der Waals surface area contributed by atoms with Crippen LogP contribution in [0.15, 0.2) is 49.4 Å². The summed E-state index contributed by atoms with van der Waals surface area (Å²) in [6.45, 7) is 5.53. The first-order valence-electron chi connectivity index (χ1n) is 8.98. The fourth-order valence-electron chi connectivity index (χ4n) is 2.96. The normalized spacial score (nSPS) is 15.4. The predicted octanol–water partition coefficient (Wildman–Crippen LogP) is 2.80. The number of nitrogens with one attached hydrogen (secondary N) is 1. The Kier molecular flexibility index (Phi) is 6.09. The van der Waals surface area contributed by atoms with E-state index in [9.17, 15) is 9.59 Å². The van der Waals surface area contributed by atoms with Crippen molar-refractivity contribution in [3.8, 4) is 22.9 Å². The van der Waals surface area contributed by atoms with Gasteiger partial charge >= 0.3 is 6.09 Å². The fourth-order valence-corrected chi connectivity index (χ4v) is 2.96. The highest BCUT2D eigenvalue weighted by Gasteiger charge is 2.34. The number of anilines is 1. The third kappa shape index (κ3) is 4.71. The van der Waals surface area contributed by atoms with Gasteiger partial charge in [0.25, 0.3) is 0 Å². The van der Waals surface area contributed by atoms with Crippen LogP contribution in [0.1, 0.15) is 12.6 Å². The Hall–Kier alpha value is -3.86. The monoisotopic (exact) mass is 392 g/mol. The number of amides is 2. The Morgan fingerprint density at radius 1 is 1.45 bits per heavy atom. The molecule has 29 heavy (non-hydrogen) atoms. The number of nitriles is 1. The van der Waals surface area contributed by atoms with Gasteiger partial charge in [-0.2, -0.15) is 5.26 Å². The molecule has 1 aromatic heterocycles. The Labute approximate surface area is 168 Å². The first kappa shape index (κ1) is 19.9. The van der Waals surface area contributed by atoms with E-state index < -0.39 is 12.2 Å². The summed E-state index contributed by atoms with van der Waals surface area (Å²) in [7, 11) is 0. The number of aromatic nitrogens is 1. The van der Waals surface area contributed by atoms with E-state index in [-0.39, 0.29) is 25.4 Å². The van der Waals surface area contributed by atoms with Gasteiger partial charge in [0.15, 0.2) is 5.75 Å². The van der Waals surface area contributed by atoms with E-state index >= 15 is 0 Å². The Bertz CT molecular complexity index is 966. The molecule has 2 amide bonds. The minimum atomic E-state index is -0.510. The van der Waals surface area contributed by atoms with Crippen LogP contribution >= 0.6 is 0 Å². The summed E-state index contributed by atoms with van der Waals surface area (Å²) in [4.78, 5) is 29.1. The molecule has 0 bridgehead atoms. The maximum atomic E-state index is 12.3. The fraction of sp³-hybridized carbons (Fsp3) is 0.238. The topological polar surface area (TPSA) is 105 Å². The van der Waals surface area contributed by atoms with Gasteiger partial charge in [0.1, 0.15) is 6.10 Å². The van der Waals surface area contributed by atoms with Crippen molar-refractivity contribution in [1.29, 1.82) is 5.26 Å². The number of carbonyl (C=O) groups excluding carboxylic acids is 2. The molecule has 0 spiro atoms. The maximum absolute atomic E-state index is 12.3. The first-order valence-corrected chi connectivity index (χ1v) is 8.98. The summed E-state index contributed by atoms with van der Waals surface area (Å²) in [5, 5.41) is 11.4. The first-order chi connectivity index (χ1) is 14.0. The Balaban J connectivity index is 1.84. The quantitative estimate of drug-likeness (QED) is 0.727. The molecule has 148 valence electrons. The molecule has 1 aliphatic heterocycles. The molecule has 3 rings (SSSR count). The minimum absolute atomic E-state index is 0.186. The van der Waals surface area contributed by atoms with Gasteiger partial charge < -0.3 is 14.8 Å². The van der Waals surface area contributed by atoms with Crippen LogP contribution < -0.4 is 15.0 Å². The number of rotatable bonds is 7. The lowest BCUT2D eigenvalue weighted by molar-refractivity contribution is -0.119. The molecule has 1 atom stereocenters. The summed E-state index contributed by atoms with van der Waals surface area (Å²) >= 11 is 0. The standard InChI is InChI=1S/C21H20N4O4/c1-3-28-20-10-15(16-4-6-17(8-9-22)24-11-16)5-7-19(20)25-13-18(29-21(25)27)12-23-14(2)26/h3-7,10-11,18H,1,8,12-13H2,2H3,(H,23,26). The van der Waals surface area contributed by atoms with E-state index in [1.807, 2.05) is 12.1 Å². The van der Waals surface area contributed by atoms with E-state index in [0.717, 1.165) is 11.1 Å². The third-order valence-corrected chi connectivity index (χ3v) is 4.33. The van der Waals surface area contributed by atoms with Crippen molar-refractivity contribution in [3.63, 3.8) is 0 Å². The molecule has 1 aromatic carbocycles. The van der Waals surface area contributed by atoms with Gasteiger partial charge in [-0.3, -0.25) is 14.7 Å². The minimum Gasteiger partial charge on any atom is -0.463 e. The molecule has 1 fully saturated rings. The highest BCUT2D eigenvalue weighted by molar-refractivity contribution is 5.92. The van der Waals surface area contributed by atoms with Crippen LogP contribution in [-0.4, -0.2) is 36.2 Å². The summed E-state index contributed by atoms with van der Waals surface area (Å²) in [6.07, 6.45) is 2.27. The largest absolute Gasteiger partial charge is 0.463 e. The molecule has 0 saturated carbocycles. The number of carbonyl (C=O) groups is 2. The molecule has 1 aliphatic rings. The summed E-state index contributed by atoms with van der Waals surface area (Å²) < 4.78 is 10.9. The number of ether oxygens (including phenoxy) is 2. The van der Waals surface area contributed by atoms with Crippen molar-refractivity contribution >= 4 is 17.7 Å². The van der Waals surface area contributed by atoms with Gasteiger partial charge in [-0.05, 0) is 23.8 Å². The highest BCUT2D eigenvalue weighted by atomic mass is 16.6. The molecule has 0 aliphatic carbocycles. The van der Waals surface area contributed by atoms with Crippen molar-refractivity contribution < 1.29 is 19.1 Å². The van der Waals surface area contributed by atoms with Gasteiger partial charge in [0.05, 0.1) is 43.2 Å². The summed E-state index contributed by atoms with van der Waals surface area (Å²) in [6, 6.07) is 11.1. The average molecular weight is 392 g/mol. The van der Waals surface area contributed by atoms with Crippen molar-refractivity contribution in [2.45, 2.75) is 19.4 Å². The SMILES string of the molecule is C=COc1cc(-c2ccc(CC#N)nc2)ccc1N1CC(CNC(C)=O)OC1=O. The van der Waals surface area contributed by atoms with Gasteiger partial charge in [0, 0.05) is 18.7 Å². The number of nitrogens with zero attached hydrogens (tertiary/aromatic N) is 3. The zero-order valence-electron chi connectivity index (χ0n) is 15.9. The van der Waals surface area contributed by atoms with Crippen LogP contribution in [0.2, 0.25) is 0 Å². The smallest absolute Gasteiger partial charge is 0.414 e. The van der Waals surface area contributed by atoms with Crippen LogP contribution in [0, 0.1) is 11.3 Å². The summed E-state index contributed by atoms with van der Waals surface area (Å²) in [5.74, 6) is 0.254. The van der Waals surface area contributed by atoms with E-state index in [1.54, 1.807) is 24.4 Å². The second kappa shape index (κ2) is 8.89. The molecule has 1 N–H and O–H groups in total. The third-order valence-electron chi connectivity index (χ3n) is 4.33. The molecule has 2 aromatic rings. The van der Waals surface area contributed by atoms with Crippen LogP contribution in [0.3, 0.4) is 0 Å². The van der Waals surface area contributed by atoms with E-state index in [1.165, 1.54) is 18.1 Å².